The van der Waals surface area contributed by atoms with Crippen molar-refractivity contribution >= 4 is 5.91 Å². The van der Waals surface area contributed by atoms with Crippen LogP contribution in [0.1, 0.15) is 52.0 Å². The van der Waals surface area contributed by atoms with Crippen molar-refractivity contribution < 1.29 is 4.79 Å². The number of amides is 1. The van der Waals surface area contributed by atoms with Gasteiger partial charge in [0.2, 0.25) is 11.7 Å². The SMILES string of the molecule is CCC[C@H](C)NC(=O)Cn1nnc(-c2ccc(C(C)C)cc2)n1. The number of nitrogens with one attached hydrogen (secondary N) is 1. The van der Waals surface area contributed by atoms with Crippen LogP contribution in [0.4, 0.5) is 0 Å². The molecule has 2 aromatic rings. The Bertz CT molecular complexity index is 633. The van der Waals surface area contributed by atoms with Gasteiger partial charge in [0, 0.05) is 11.6 Å². The van der Waals surface area contributed by atoms with E-state index >= 15 is 0 Å². The summed E-state index contributed by atoms with van der Waals surface area (Å²) in [5.41, 5.74) is 2.17. The monoisotopic (exact) mass is 315 g/mol. The molecule has 1 heterocycles. The van der Waals surface area contributed by atoms with Crippen molar-refractivity contribution in [2.24, 2.45) is 0 Å². The summed E-state index contributed by atoms with van der Waals surface area (Å²) >= 11 is 0. The minimum Gasteiger partial charge on any atom is -0.352 e. The smallest absolute Gasteiger partial charge is 0.243 e. The lowest BCUT2D eigenvalue weighted by atomic mass is 10.0. The third-order valence-corrected chi connectivity index (χ3v) is 3.70. The molecule has 0 fully saturated rings. The van der Waals surface area contributed by atoms with Crippen molar-refractivity contribution in [1.82, 2.24) is 25.5 Å². The van der Waals surface area contributed by atoms with Gasteiger partial charge >= 0.3 is 0 Å². The lowest BCUT2D eigenvalue weighted by Crippen LogP contribution is -2.35. The van der Waals surface area contributed by atoms with Crippen LogP contribution < -0.4 is 5.32 Å². The van der Waals surface area contributed by atoms with E-state index < -0.39 is 0 Å². The van der Waals surface area contributed by atoms with E-state index in [1.165, 1.54) is 10.4 Å². The first kappa shape index (κ1) is 17.1. The highest BCUT2D eigenvalue weighted by molar-refractivity contribution is 5.75. The van der Waals surface area contributed by atoms with Crippen molar-refractivity contribution in [3.8, 4) is 11.4 Å². The van der Waals surface area contributed by atoms with Gasteiger partial charge < -0.3 is 5.32 Å². The van der Waals surface area contributed by atoms with Gasteiger partial charge in [-0.3, -0.25) is 4.79 Å². The van der Waals surface area contributed by atoms with E-state index in [1.54, 1.807) is 0 Å². The molecule has 0 aliphatic heterocycles. The van der Waals surface area contributed by atoms with E-state index in [2.05, 4.69) is 53.6 Å². The first-order valence-corrected chi connectivity index (χ1v) is 8.17. The number of rotatable bonds is 7. The Morgan fingerprint density at radius 2 is 1.91 bits per heavy atom. The Labute approximate surface area is 137 Å². The topological polar surface area (TPSA) is 72.7 Å². The molecule has 0 aliphatic rings. The maximum Gasteiger partial charge on any atom is 0.243 e. The predicted octanol–water partition coefficient (Wildman–Crippen LogP) is 2.77. The number of benzene rings is 1. The molecule has 124 valence electrons. The highest BCUT2D eigenvalue weighted by Crippen LogP contribution is 2.19. The first-order valence-electron chi connectivity index (χ1n) is 8.17. The molecular weight excluding hydrogens is 290 g/mol. The van der Waals surface area contributed by atoms with Crippen LogP contribution >= 0.6 is 0 Å². The standard InChI is InChI=1S/C17H25N5O/c1-5-6-13(4)18-16(23)11-22-20-17(19-21-22)15-9-7-14(8-10-15)12(2)3/h7-10,12-13H,5-6,11H2,1-4H3,(H,18,23)/t13-/m0/s1. The summed E-state index contributed by atoms with van der Waals surface area (Å²) in [6, 6.07) is 8.28. The van der Waals surface area contributed by atoms with Crippen LogP contribution in [-0.2, 0) is 11.3 Å². The van der Waals surface area contributed by atoms with Gasteiger partial charge in [-0.1, -0.05) is 51.5 Å². The maximum absolute atomic E-state index is 11.9. The Hall–Kier alpha value is -2.24. The molecule has 1 aromatic carbocycles. The van der Waals surface area contributed by atoms with Gasteiger partial charge in [-0.2, -0.15) is 4.80 Å². The molecule has 0 saturated carbocycles. The zero-order chi connectivity index (χ0) is 16.8. The summed E-state index contributed by atoms with van der Waals surface area (Å²) in [5.74, 6) is 0.932. The molecular formula is C17H25N5O. The van der Waals surface area contributed by atoms with Crippen LogP contribution in [0.25, 0.3) is 11.4 Å². The van der Waals surface area contributed by atoms with Gasteiger partial charge in [0.1, 0.15) is 6.54 Å². The molecule has 0 radical (unpaired) electrons. The van der Waals surface area contributed by atoms with Crippen LogP contribution in [0, 0.1) is 0 Å². The molecule has 6 heteroatoms. The fraction of sp³-hybridized carbons (Fsp3) is 0.529. The Balaban J connectivity index is 1.98. The zero-order valence-corrected chi connectivity index (χ0v) is 14.3. The summed E-state index contributed by atoms with van der Waals surface area (Å²) in [5, 5.41) is 15.2. The molecule has 1 aromatic heterocycles. The van der Waals surface area contributed by atoms with Crippen molar-refractivity contribution in [2.75, 3.05) is 0 Å². The number of hydrogen-bond acceptors (Lipinski definition) is 4. The molecule has 6 nitrogen and oxygen atoms in total. The zero-order valence-electron chi connectivity index (χ0n) is 14.3. The first-order chi connectivity index (χ1) is 11.0. The molecule has 0 unspecified atom stereocenters. The van der Waals surface area contributed by atoms with E-state index in [0.717, 1.165) is 18.4 Å². The van der Waals surface area contributed by atoms with Gasteiger partial charge in [-0.05, 0) is 30.0 Å². The van der Waals surface area contributed by atoms with Crippen LogP contribution in [0.3, 0.4) is 0 Å². The lowest BCUT2D eigenvalue weighted by Gasteiger charge is -2.11. The second-order valence-corrected chi connectivity index (χ2v) is 6.18. The largest absolute Gasteiger partial charge is 0.352 e. The van der Waals surface area contributed by atoms with Gasteiger partial charge in [-0.25, -0.2) is 0 Å². The van der Waals surface area contributed by atoms with Gasteiger partial charge in [-0.15, -0.1) is 10.2 Å². The minimum atomic E-state index is -0.0925. The van der Waals surface area contributed by atoms with Crippen molar-refractivity contribution in [2.45, 2.75) is 59.0 Å². The van der Waals surface area contributed by atoms with Crippen LogP contribution in [-0.4, -0.2) is 32.2 Å². The quantitative estimate of drug-likeness (QED) is 0.852. The predicted molar refractivity (Wildman–Crippen MR) is 89.9 cm³/mol. The summed E-state index contributed by atoms with van der Waals surface area (Å²) < 4.78 is 0. The molecule has 1 amide bonds. The molecule has 0 bridgehead atoms. The molecule has 0 spiro atoms. The molecule has 1 N–H and O–H groups in total. The number of carbonyl (C=O) groups is 1. The minimum absolute atomic E-state index is 0.0884. The number of tetrazole rings is 1. The molecule has 2 rings (SSSR count). The summed E-state index contributed by atoms with van der Waals surface area (Å²) in [7, 11) is 0. The average Bonchev–Trinajstić information content (AvgIpc) is 2.95. The fourth-order valence-electron chi connectivity index (χ4n) is 2.40. The third kappa shape index (κ3) is 4.87. The van der Waals surface area contributed by atoms with Crippen molar-refractivity contribution in [1.29, 1.82) is 0 Å². The maximum atomic E-state index is 11.9. The number of hydrogen-bond donors (Lipinski definition) is 1. The highest BCUT2D eigenvalue weighted by atomic mass is 16.2. The summed E-state index contributed by atoms with van der Waals surface area (Å²) in [4.78, 5) is 13.3. The highest BCUT2D eigenvalue weighted by Gasteiger charge is 2.11. The fourth-order valence-corrected chi connectivity index (χ4v) is 2.40. The van der Waals surface area contributed by atoms with E-state index in [9.17, 15) is 4.79 Å². The number of nitrogens with zero attached hydrogens (tertiary/aromatic N) is 4. The molecule has 23 heavy (non-hydrogen) atoms. The van der Waals surface area contributed by atoms with Crippen LogP contribution in [0.2, 0.25) is 0 Å². The van der Waals surface area contributed by atoms with E-state index in [1.807, 2.05) is 19.1 Å². The average molecular weight is 315 g/mol. The summed E-state index contributed by atoms with van der Waals surface area (Å²) in [6.45, 7) is 8.49. The number of aromatic nitrogens is 4. The Morgan fingerprint density at radius 1 is 1.22 bits per heavy atom. The molecule has 1 atom stereocenters. The van der Waals surface area contributed by atoms with Crippen LogP contribution in [0.5, 0.6) is 0 Å². The molecule has 0 aliphatic carbocycles. The number of carbonyl (C=O) groups excluding carboxylic acids is 1. The van der Waals surface area contributed by atoms with E-state index in [0.29, 0.717) is 11.7 Å². The lowest BCUT2D eigenvalue weighted by molar-refractivity contribution is -0.122. The normalized spacial score (nSPS) is 12.4. The van der Waals surface area contributed by atoms with Gasteiger partial charge in [0.15, 0.2) is 0 Å². The van der Waals surface area contributed by atoms with Crippen LogP contribution in [0.15, 0.2) is 24.3 Å². The summed E-state index contributed by atoms with van der Waals surface area (Å²) in [6.07, 6.45) is 2.00. The van der Waals surface area contributed by atoms with Gasteiger partial charge in [0.05, 0.1) is 0 Å². The Kier molecular flexibility index (Phi) is 5.84. The van der Waals surface area contributed by atoms with E-state index in [-0.39, 0.29) is 18.5 Å². The van der Waals surface area contributed by atoms with Crippen molar-refractivity contribution in [3.63, 3.8) is 0 Å². The second-order valence-electron chi connectivity index (χ2n) is 6.18. The third-order valence-electron chi connectivity index (χ3n) is 3.70. The Morgan fingerprint density at radius 3 is 2.52 bits per heavy atom. The van der Waals surface area contributed by atoms with Gasteiger partial charge in [0.25, 0.3) is 0 Å². The molecule has 0 saturated heterocycles. The van der Waals surface area contributed by atoms with Crippen molar-refractivity contribution in [3.05, 3.63) is 29.8 Å². The van der Waals surface area contributed by atoms with E-state index in [4.69, 9.17) is 0 Å². The second kappa shape index (κ2) is 7.85.